The molecule has 1 aromatic heterocycles. The van der Waals surface area contributed by atoms with Crippen molar-refractivity contribution in [3.63, 3.8) is 0 Å². The highest BCUT2D eigenvalue weighted by Crippen LogP contribution is 2.18. The molecule has 0 bridgehead atoms. The number of benzene rings is 1. The van der Waals surface area contributed by atoms with Crippen LogP contribution in [0.15, 0.2) is 24.3 Å². The van der Waals surface area contributed by atoms with Crippen molar-refractivity contribution in [3.8, 4) is 11.4 Å². The fraction of sp³-hybridized carbons (Fsp3) is 0.467. The van der Waals surface area contributed by atoms with E-state index in [0.717, 1.165) is 31.1 Å². The number of nitrogens with zero attached hydrogens (tertiary/aromatic N) is 2. The first kappa shape index (κ1) is 16.1. The predicted molar refractivity (Wildman–Crippen MR) is 83.6 cm³/mol. The third-order valence-electron chi connectivity index (χ3n) is 4.03. The van der Waals surface area contributed by atoms with Crippen LogP contribution >= 0.6 is 12.2 Å². The topological polar surface area (TPSA) is 47.3 Å². The molecule has 3 rings (SSSR count). The molecule has 2 aromatic rings. The van der Waals surface area contributed by atoms with Crippen molar-refractivity contribution in [1.82, 2.24) is 14.8 Å². The van der Waals surface area contributed by atoms with Crippen LogP contribution in [0.5, 0.6) is 5.75 Å². The molecule has 0 unspecified atom stereocenters. The number of aromatic nitrogens is 3. The molecule has 0 aliphatic carbocycles. The SMILES string of the molecule is FC(F)Oc1ccc(-n2c(C[NH+]3CCCCC3)n[nH]c2=S)cc1. The Kier molecular flexibility index (Phi) is 5.02. The lowest BCUT2D eigenvalue weighted by molar-refractivity contribution is -0.919. The summed E-state index contributed by atoms with van der Waals surface area (Å²) in [6.45, 7) is 0.250. The minimum Gasteiger partial charge on any atom is -0.435 e. The van der Waals surface area contributed by atoms with Crippen LogP contribution in [0.25, 0.3) is 5.69 Å². The van der Waals surface area contributed by atoms with Crippen LogP contribution in [0.3, 0.4) is 0 Å². The first-order valence-electron chi connectivity index (χ1n) is 7.68. The number of nitrogens with one attached hydrogen (secondary N) is 2. The van der Waals surface area contributed by atoms with E-state index in [1.165, 1.54) is 36.3 Å². The number of ether oxygens (including phenoxy) is 1. The van der Waals surface area contributed by atoms with Gasteiger partial charge in [0.05, 0.1) is 18.8 Å². The van der Waals surface area contributed by atoms with Gasteiger partial charge >= 0.3 is 6.61 Å². The van der Waals surface area contributed by atoms with E-state index >= 15 is 0 Å². The number of rotatable bonds is 5. The number of quaternary nitrogens is 1. The molecule has 1 aliphatic rings. The summed E-state index contributed by atoms with van der Waals surface area (Å²) in [6.07, 6.45) is 3.77. The minimum atomic E-state index is -2.82. The first-order valence-corrected chi connectivity index (χ1v) is 8.09. The largest absolute Gasteiger partial charge is 0.435 e. The highest BCUT2D eigenvalue weighted by atomic mass is 32.1. The molecule has 0 amide bonds. The lowest BCUT2D eigenvalue weighted by atomic mass is 10.1. The van der Waals surface area contributed by atoms with E-state index in [1.54, 1.807) is 12.1 Å². The van der Waals surface area contributed by atoms with Crippen LogP contribution in [0.2, 0.25) is 0 Å². The summed E-state index contributed by atoms with van der Waals surface area (Å²) in [4.78, 5) is 1.49. The Morgan fingerprint density at radius 3 is 2.57 bits per heavy atom. The normalized spacial score (nSPS) is 16.0. The molecule has 1 fully saturated rings. The second-order valence-corrected chi connectivity index (χ2v) is 6.03. The maximum absolute atomic E-state index is 12.2. The second-order valence-electron chi connectivity index (χ2n) is 5.64. The summed E-state index contributed by atoms with van der Waals surface area (Å²) >= 11 is 5.31. The summed E-state index contributed by atoms with van der Waals surface area (Å²) in [5, 5.41) is 7.15. The number of H-pyrrole nitrogens is 1. The molecule has 124 valence electrons. The van der Waals surface area contributed by atoms with Gasteiger partial charge in [-0.15, -0.1) is 0 Å². The van der Waals surface area contributed by atoms with Gasteiger partial charge in [0.15, 0.2) is 10.6 Å². The summed E-state index contributed by atoms with van der Waals surface area (Å²) < 4.78 is 31.2. The molecule has 1 aromatic carbocycles. The zero-order valence-electron chi connectivity index (χ0n) is 12.6. The molecule has 0 saturated carbocycles. The van der Waals surface area contributed by atoms with Crippen LogP contribution in [0.4, 0.5) is 8.78 Å². The second kappa shape index (κ2) is 7.18. The highest BCUT2D eigenvalue weighted by molar-refractivity contribution is 7.71. The van der Waals surface area contributed by atoms with Crippen molar-refractivity contribution in [1.29, 1.82) is 0 Å². The van der Waals surface area contributed by atoms with E-state index in [9.17, 15) is 8.78 Å². The summed E-state index contributed by atoms with van der Waals surface area (Å²) in [5.74, 6) is 0.983. The molecule has 8 heteroatoms. The van der Waals surface area contributed by atoms with Gasteiger partial charge < -0.3 is 9.64 Å². The van der Waals surface area contributed by atoms with Gasteiger partial charge in [0, 0.05) is 0 Å². The van der Waals surface area contributed by atoms with Gasteiger partial charge in [-0.25, -0.2) is 0 Å². The summed E-state index contributed by atoms with van der Waals surface area (Å²) in [5.41, 5.74) is 0.789. The molecule has 1 saturated heterocycles. The van der Waals surface area contributed by atoms with E-state index in [1.807, 2.05) is 4.57 Å². The van der Waals surface area contributed by atoms with E-state index in [0.29, 0.717) is 4.77 Å². The van der Waals surface area contributed by atoms with Gasteiger partial charge in [0.1, 0.15) is 12.3 Å². The minimum absolute atomic E-state index is 0.127. The standard InChI is InChI=1S/C15H18F2N4OS/c16-14(17)22-12-6-4-11(5-7-12)21-13(18-19-15(21)23)10-20-8-2-1-3-9-20/h4-7,14H,1-3,8-10H2,(H,19,23)/p+1. The zero-order chi connectivity index (χ0) is 16.2. The number of likely N-dealkylation sites (tertiary alicyclic amines) is 1. The zero-order valence-corrected chi connectivity index (χ0v) is 13.4. The van der Waals surface area contributed by atoms with Gasteiger partial charge in [-0.1, -0.05) is 0 Å². The van der Waals surface area contributed by atoms with Crippen LogP contribution in [0.1, 0.15) is 25.1 Å². The van der Waals surface area contributed by atoms with Crippen molar-refractivity contribution in [2.24, 2.45) is 0 Å². The Hall–Kier alpha value is -1.80. The van der Waals surface area contributed by atoms with Crippen molar-refractivity contribution in [3.05, 3.63) is 34.9 Å². The van der Waals surface area contributed by atoms with Gasteiger partial charge in [0.25, 0.3) is 0 Å². The number of aromatic amines is 1. The average Bonchev–Trinajstić information content (AvgIpc) is 2.89. The van der Waals surface area contributed by atoms with E-state index in [-0.39, 0.29) is 5.75 Å². The fourth-order valence-corrected chi connectivity index (χ4v) is 3.20. The lowest BCUT2D eigenvalue weighted by Crippen LogP contribution is -3.11. The number of hydrogen-bond acceptors (Lipinski definition) is 3. The van der Waals surface area contributed by atoms with Crippen LogP contribution in [-0.2, 0) is 6.54 Å². The third kappa shape index (κ3) is 3.94. The van der Waals surface area contributed by atoms with Crippen molar-refractivity contribution < 1.29 is 18.4 Å². The number of hydrogen-bond donors (Lipinski definition) is 2. The first-order chi connectivity index (χ1) is 11.1. The summed E-state index contributed by atoms with van der Waals surface area (Å²) in [6, 6.07) is 6.43. The van der Waals surface area contributed by atoms with Crippen molar-refractivity contribution >= 4 is 12.2 Å². The smallest absolute Gasteiger partial charge is 0.387 e. The van der Waals surface area contributed by atoms with E-state index in [4.69, 9.17) is 12.2 Å². The summed E-state index contributed by atoms with van der Waals surface area (Å²) in [7, 11) is 0. The lowest BCUT2D eigenvalue weighted by Gasteiger charge is -2.23. The van der Waals surface area contributed by atoms with Crippen LogP contribution in [0, 0.1) is 4.77 Å². The Morgan fingerprint density at radius 1 is 1.22 bits per heavy atom. The highest BCUT2D eigenvalue weighted by Gasteiger charge is 2.18. The molecular formula is C15H19F2N4OS+. The van der Waals surface area contributed by atoms with Gasteiger partial charge in [-0.2, -0.15) is 13.9 Å². The molecule has 0 spiro atoms. The molecular weight excluding hydrogens is 322 g/mol. The third-order valence-corrected chi connectivity index (χ3v) is 4.30. The molecule has 23 heavy (non-hydrogen) atoms. The Bertz CT molecular complexity index is 692. The maximum atomic E-state index is 12.2. The Labute approximate surface area is 137 Å². The quantitative estimate of drug-likeness (QED) is 0.819. The van der Waals surface area contributed by atoms with Crippen LogP contribution < -0.4 is 9.64 Å². The molecule has 5 nitrogen and oxygen atoms in total. The van der Waals surface area contributed by atoms with Crippen molar-refractivity contribution in [2.75, 3.05) is 13.1 Å². The Balaban J connectivity index is 1.81. The number of halogens is 2. The molecule has 0 radical (unpaired) electrons. The monoisotopic (exact) mass is 341 g/mol. The van der Waals surface area contributed by atoms with Gasteiger partial charge in [-0.3, -0.25) is 9.67 Å². The van der Waals surface area contributed by atoms with E-state index in [2.05, 4.69) is 14.9 Å². The molecule has 2 N–H and O–H groups in total. The van der Waals surface area contributed by atoms with Gasteiger partial charge in [0.2, 0.25) is 0 Å². The fourth-order valence-electron chi connectivity index (χ4n) is 2.94. The maximum Gasteiger partial charge on any atom is 0.387 e. The molecule has 2 heterocycles. The van der Waals surface area contributed by atoms with Crippen LogP contribution in [-0.4, -0.2) is 34.5 Å². The number of piperidine rings is 1. The predicted octanol–water partition coefficient (Wildman–Crippen LogP) is 2.10. The van der Waals surface area contributed by atoms with E-state index < -0.39 is 6.61 Å². The van der Waals surface area contributed by atoms with Crippen molar-refractivity contribution in [2.45, 2.75) is 32.4 Å². The average molecular weight is 341 g/mol. The molecule has 1 aliphatic heterocycles. The Morgan fingerprint density at radius 2 is 1.91 bits per heavy atom. The molecule has 0 atom stereocenters. The number of alkyl halides is 2. The van der Waals surface area contributed by atoms with Gasteiger partial charge in [-0.05, 0) is 55.7 Å².